The quantitative estimate of drug-likeness (QED) is 0.310. The summed E-state index contributed by atoms with van der Waals surface area (Å²) < 4.78 is 37.2. The summed E-state index contributed by atoms with van der Waals surface area (Å²) in [5, 5.41) is 13.1. The molecule has 2 aromatic rings. The van der Waals surface area contributed by atoms with Crippen molar-refractivity contribution in [3.63, 3.8) is 0 Å². The van der Waals surface area contributed by atoms with Crippen molar-refractivity contribution in [3.8, 4) is 5.75 Å². The fourth-order valence-electron chi connectivity index (χ4n) is 3.76. The fourth-order valence-corrected chi connectivity index (χ4v) is 5.26. The van der Waals surface area contributed by atoms with Crippen molar-refractivity contribution >= 4 is 13.7 Å². The number of benzene rings is 1. The molecule has 1 saturated heterocycles. The van der Waals surface area contributed by atoms with Gasteiger partial charge in [0.2, 0.25) is 0 Å². The van der Waals surface area contributed by atoms with Gasteiger partial charge in [0, 0.05) is 18.2 Å². The lowest BCUT2D eigenvalue weighted by Gasteiger charge is -2.28. The Morgan fingerprint density at radius 2 is 2.03 bits per heavy atom. The Hall–Kier alpha value is -2.76. The first kappa shape index (κ1) is 26.3. The summed E-state index contributed by atoms with van der Waals surface area (Å²) in [5.41, 5.74) is -0.882. The van der Waals surface area contributed by atoms with Crippen molar-refractivity contribution in [1.29, 1.82) is 0 Å². The maximum absolute atomic E-state index is 13.6. The predicted molar refractivity (Wildman–Crippen MR) is 128 cm³/mol. The molecule has 0 bridgehead atoms. The second-order valence-corrected chi connectivity index (χ2v) is 10.6. The summed E-state index contributed by atoms with van der Waals surface area (Å²) in [6, 6.07) is 7.30. The average molecular weight is 523 g/mol. The van der Waals surface area contributed by atoms with E-state index in [9.17, 15) is 24.1 Å². The van der Waals surface area contributed by atoms with Crippen LogP contribution in [0, 0.1) is 6.92 Å². The van der Waals surface area contributed by atoms with Gasteiger partial charge in [-0.2, -0.15) is 5.09 Å². The first-order valence-corrected chi connectivity index (χ1v) is 13.3. The van der Waals surface area contributed by atoms with Gasteiger partial charge in [0.1, 0.15) is 30.2 Å². The molecular weight excluding hydrogens is 493 g/mol. The normalized spacial score (nSPS) is 24.5. The van der Waals surface area contributed by atoms with Gasteiger partial charge in [0.15, 0.2) is 0 Å². The van der Waals surface area contributed by atoms with Crippen LogP contribution in [0.25, 0.3) is 0 Å². The summed E-state index contributed by atoms with van der Waals surface area (Å²) in [5.74, 6) is -0.334. The lowest BCUT2D eigenvalue weighted by molar-refractivity contribution is -0.154. The van der Waals surface area contributed by atoms with Crippen molar-refractivity contribution in [2.45, 2.75) is 70.1 Å². The van der Waals surface area contributed by atoms with E-state index >= 15 is 0 Å². The van der Waals surface area contributed by atoms with Crippen LogP contribution < -0.4 is 20.9 Å². The fraction of sp³-hybridized carbons (Fsp3) is 0.522. The van der Waals surface area contributed by atoms with E-state index in [1.807, 2.05) is 0 Å². The van der Waals surface area contributed by atoms with Gasteiger partial charge >= 0.3 is 19.4 Å². The van der Waals surface area contributed by atoms with Gasteiger partial charge < -0.3 is 19.1 Å². The van der Waals surface area contributed by atoms with E-state index in [2.05, 4.69) is 10.1 Å². The van der Waals surface area contributed by atoms with E-state index in [0.717, 1.165) is 19.3 Å². The van der Waals surface area contributed by atoms with Crippen LogP contribution in [0.2, 0.25) is 0 Å². The van der Waals surface area contributed by atoms with E-state index in [0.29, 0.717) is 5.56 Å². The summed E-state index contributed by atoms with van der Waals surface area (Å²) in [6.45, 7) is 2.67. The first-order chi connectivity index (χ1) is 17.1. The Morgan fingerprint density at radius 1 is 1.31 bits per heavy atom. The molecule has 5 atom stereocenters. The number of nitrogens with one attached hydrogen (secondary N) is 2. The number of carbonyl (C=O) groups excluding carboxylic acids is 1. The van der Waals surface area contributed by atoms with Crippen LogP contribution in [0.15, 0.2) is 46.1 Å². The molecule has 13 heteroatoms. The molecule has 0 radical (unpaired) electrons. The minimum atomic E-state index is -4.14. The highest BCUT2D eigenvalue weighted by atomic mass is 31.2. The zero-order valence-electron chi connectivity index (χ0n) is 20.0. The molecule has 1 aromatic carbocycles. The number of aliphatic hydroxyl groups is 1. The molecule has 2 aliphatic rings. The van der Waals surface area contributed by atoms with Gasteiger partial charge in [-0.1, -0.05) is 18.2 Å². The third kappa shape index (κ3) is 6.32. The average Bonchev–Trinajstić information content (AvgIpc) is 3.18. The largest absolute Gasteiger partial charge is 0.461 e. The van der Waals surface area contributed by atoms with E-state index in [4.69, 9.17) is 18.5 Å². The summed E-state index contributed by atoms with van der Waals surface area (Å²) in [7, 11) is -4.14. The van der Waals surface area contributed by atoms with E-state index in [1.54, 1.807) is 37.3 Å². The highest BCUT2D eigenvalue weighted by Gasteiger charge is 2.40. The third-order valence-corrected chi connectivity index (χ3v) is 7.72. The third-order valence-electron chi connectivity index (χ3n) is 6.08. The highest BCUT2D eigenvalue weighted by Crippen LogP contribution is 2.46. The zero-order chi connectivity index (χ0) is 25.9. The SMILES string of the molecule is Cc1cn([C@@H]2C[C@@H](O)[C@H](COP(=O)(N[C@@H](C)C(=O)OC3CCC3)Oc3ccccc3)O2)c(=O)[nH]c1=O. The number of aryl methyl sites for hydroxylation is 1. The smallest absolute Gasteiger partial charge is 0.459 e. The van der Waals surface area contributed by atoms with Crippen LogP contribution in [0.5, 0.6) is 5.75 Å². The maximum Gasteiger partial charge on any atom is 0.459 e. The molecule has 1 aliphatic heterocycles. The number of nitrogens with zero attached hydrogens (tertiary/aromatic N) is 1. The predicted octanol–water partition coefficient (Wildman–Crippen LogP) is 1.77. The second kappa shape index (κ2) is 11.1. The topological polar surface area (TPSA) is 158 Å². The molecular formula is C23H30N3O9P. The molecule has 1 unspecified atom stereocenters. The van der Waals surface area contributed by atoms with Gasteiger partial charge in [-0.25, -0.2) is 9.36 Å². The molecule has 3 N–H and O–H groups in total. The standard InChI is InChI=1S/C23H30N3O9P/c1-14-12-26(23(30)24-21(14)28)20-11-18(27)19(34-20)13-32-36(31,35-17-7-4-3-5-8-17)25-15(2)22(29)33-16-9-6-10-16/h3-5,7-8,12,15-16,18-20,27H,6,9-11,13H2,1-2H3,(H,25,31)(H,24,28,30)/t15-,18+,19-,20-,36?/m0/s1. The molecule has 2 heterocycles. The lowest BCUT2D eigenvalue weighted by Crippen LogP contribution is -2.39. The Morgan fingerprint density at radius 3 is 2.69 bits per heavy atom. The van der Waals surface area contributed by atoms with Crippen molar-refractivity contribution in [2.24, 2.45) is 0 Å². The van der Waals surface area contributed by atoms with E-state index in [-0.39, 0.29) is 24.9 Å². The number of hydrogen-bond donors (Lipinski definition) is 3. The van der Waals surface area contributed by atoms with Crippen molar-refractivity contribution in [3.05, 3.63) is 62.9 Å². The number of carbonyl (C=O) groups is 1. The number of ether oxygens (including phenoxy) is 2. The molecule has 1 saturated carbocycles. The Balaban J connectivity index is 1.44. The van der Waals surface area contributed by atoms with Gasteiger partial charge in [-0.15, -0.1) is 0 Å². The van der Waals surface area contributed by atoms with Crippen LogP contribution >= 0.6 is 7.75 Å². The first-order valence-electron chi connectivity index (χ1n) is 11.8. The molecule has 12 nitrogen and oxygen atoms in total. The van der Waals surface area contributed by atoms with Gasteiger partial charge in [-0.05, 0) is 45.2 Å². The van der Waals surface area contributed by atoms with Crippen molar-refractivity contribution in [1.82, 2.24) is 14.6 Å². The molecule has 0 spiro atoms. The minimum absolute atomic E-state index is 0.0425. The van der Waals surface area contributed by atoms with Crippen LogP contribution in [-0.2, 0) is 23.4 Å². The van der Waals surface area contributed by atoms with E-state index in [1.165, 1.54) is 17.7 Å². The maximum atomic E-state index is 13.6. The number of rotatable bonds is 10. The highest BCUT2D eigenvalue weighted by molar-refractivity contribution is 7.52. The van der Waals surface area contributed by atoms with E-state index < -0.39 is 49.4 Å². The monoisotopic (exact) mass is 523 g/mol. The number of aromatic amines is 1. The second-order valence-electron chi connectivity index (χ2n) is 8.95. The minimum Gasteiger partial charge on any atom is -0.461 e. The van der Waals surface area contributed by atoms with Gasteiger partial charge in [-0.3, -0.25) is 23.7 Å². The molecule has 1 aromatic heterocycles. The summed E-state index contributed by atoms with van der Waals surface area (Å²) >= 11 is 0. The van der Waals surface area contributed by atoms with Crippen LogP contribution in [0.3, 0.4) is 0 Å². The Kier molecular flexibility index (Phi) is 8.11. The van der Waals surface area contributed by atoms with Crippen LogP contribution in [0.4, 0.5) is 0 Å². The van der Waals surface area contributed by atoms with Crippen LogP contribution in [-0.4, -0.2) is 51.6 Å². The summed E-state index contributed by atoms with van der Waals surface area (Å²) in [6.07, 6.45) is 0.955. The summed E-state index contributed by atoms with van der Waals surface area (Å²) in [4.78, 5) is 38.5. The van der Waals surface area contributed by atoms with Crippen molar-refractivity contribution in [2.75, 3.05) is 6.61 Å². The molecule has 196 valence electrons. The van der Waals surface area contributed by atoms with Crippen molar-refractivity contribution < 1.29 is 33.0 Å². The molecule has 0 amide bonds. The molecule has 36 heavy (non-hydrogen) atoms. The van der Waals surface area contributed by atoms with Crippen LogP contribution in [0.1, 0.15) is 44.4 Å². The van der Waals surface area contributed by atoms with Gasteiger partial charge in [0.05, 0.1) is 12.7 Å². The van der Waals surface area contributed by atoms with Gasteiger partial charge in [0.25, 0.3) is 5.56 Å². The Bertz CT molecular complexity index is 1230. The Labute approximate surface area is 207 Å². The molecule has 1 aliphatic carbocycles. The molecule has 2 fully saturated rings. The number of esters is 1. The zero-order valence-corrected chi connectivity index (χ0v) is 20.9. The lowest BCUT2D eigenvalue weighted by atomic mass is 9.96. The number of H-pyrrole nitrogens is 1. The number of aromatic nitrogens is 2. The number of hydrogen-bond acceptors (Lipinski definition) is 9. The number of para-hydroxylation sites is 1. The number of aliphatic hydroxyl groups excluding tert-OH is 1. The molecule has 4 rings (SSSR count).